The van der Waals surface area contributed by atoms with Crippen LogP contribution in [0.25, 0.3) is 0 Å². The molecule has 0 aromatic heterocycles. The third-order valence-corrected chi connectivity index (χ3v) is 16.8. The van der Waals surface area contributed by atoms with Gasteiger partial charge in [-0.2, -0.15) is 0 Å². The highest BCUT2D eigenvalue weighted by atomic mass is 16.6. The summed E-state index contributed by atoms with van der Waals surface area (Å²) >= 11 is 0. The molecule has 0 saturated carbocycles. The summed E-state index contributed by atoms with van der Waals surface area (Å²) in [5, 5.41) is 0. The Balaban J connectivity index is 4.24. The van der Waals surface area contributed by atoms with Crippen molar-refractivity contribution in [2.75, 3.05) is 13.2 Å². The largest absolute Gasteiger partial charge is 0.462 e. The van der Waals surface area contributed by atoms with Crippen molar-refractivity contribution < 1.29 is 28.6 Å². The summed E-state index contributed by atoms with van der Waals surface area (Å²) in [6.07, 6.45) is 91.5. The van der Waals surface area contributed by atoms with Crippen LogP contribution in [0.1, 0.15) is 406 Å². The first kappa shape index (κ1) is 80.4. The first-order chi connectivity index (χ1) is 41.0. The van der Waals surface area contributed by atoms with Crippen molar-refractivity contribution in [3.8, 4) is 0 Å². The summed E-state index contributed by atoms with van der Waals surface area (Å²) in [5.41, 5.74) is 0. The third-order valence-electron chi connectivity index (χ3n) is 16.8. The molecule has 1 unspecified atom stereocenters. The number of rotatable bonds is 69. The lowest BCUT2D eigenvalue weighted by Crippen LogP contribution is -2.30. The monoisotopic (exact) mass is 1160 g/mol. The average Bonchev–Trinajstić information content (AvgIpc) is 3.49. The Labute approximate surface area is 518 Å². The van der Waals surface area contributed by atoms with E-state index in [0.717, 1.165) is 77.0 Å². The quantitative estimate of drug-likeness (QED) is 0.0261. The predicted octanol–water partition coefficient (Wildman–Crippen LogP) is 25.7. The number of ether oxygens (including phenoxy) is 3. The van der Waals surface area contributed by atoms with Crippen molar-refractivity contribution in [2.45, 2.75) is 412 Å². The molecule has 0 spiro atoms. The molecule has 0 aliphatic heterocycles. The van der Waals surface area contributed by atoms with Crippen LogP contribution in [0.2, 0.25) is 0 Å². The maximum atomic E-state index is 13.0. The lowest BCUT2D eigenvalue weighted by molar-refractivity contribution is -0.167. The summed E-state index contributed by atoms with van der Waals surface area (Å²) in [6, 6.07) is 0. The molecular weight excluding hydrogens is 1020 g/mol. The summed E-state index contributed by atoms with van der Waals surface area (Å²) < 4.78 is 17.0. The molecule has 0 amide bonds. The number of allylic oxidation sites excluding steroid dienone is 8. The van der Waals surface area contributed by atoms with Crippen LogP contribution in [0.4, 0.5) is 0 Å². The molecule has 0 radical (unpaired) electrons. The van der Waals surface area contributed by atoms with Crippen LogP contribution in [0, 0.1) is 0 Å². The molecule has 0 aromatic carbocycles. The highest BCUT2D eigenvalue weighted by molar-refractivity contribution is 5.71. The van der Waals surface area contributed by atoms with E-state index in [9.17, 15) is 14.4 Å². The molecular formula is C77H142O6. The van der Waals surface area contributed by atoms with Crippen molar-refractivity contribution >= 4 is 17.9 Å². The maximum absolute atomic E-state index is 13.0. The van der Waals surface area contributed by atoms with Crippen molar-refractivity contribution in [3.63, 3.8) is 0 Å². The molecule has 1 atom stereocenters. The SMILES string of the molecule is CCCCC/C=C\C/C=C\CCCCCCCCCCCC(=O)OC(COC(=O)CCCCCCCCC/C=C\C/C=C\CCCCC)COC(=O)CCCCCCCCCCCCCCCCCCCCCCCCCCCCCCC. The molecule has 0 aromatic rings. The molecule has 0 N–H and O–H groups in total. The van der Waals surface area contributed by atoms with Gasteiger partial charge in [-0.15, -0.1) is 0 Å². The zero-order chi connectivity index (χ0) is 59.9. The van der Waals surface area contributed by atoms with Crippen LogP contribution in [-0.2, 0) is 28.6 Å². The summed E-state index contributed by atoms with van der Waals surface area (Å²) in [4.78, 5) is 38.5. The number of esters is 3. The van der Waals surface area contributed by atoms with Crippen LogP contribution in [-0.4, -0.2) is 37.2 Å². The molecule has 0 heterocycles. The number of hydrogen-bond acceptors (Lipinski definition) is 6. The van der Waals surface area contributed by atoms with Crippen molar-refractivity contribution in [3.05, 3.63) is 48.6 Å². The van der Waals surface area contributed by atoms with Gasteiger partial charge < -0.3 is 14.2 Å². The van der Waals surface area contributed by atoms with E-state index in [1.807, 2.05) is 0 Å². The Kier molecular flexibility index (Phi) is 69.6. The zero-order valence-corrected chi connectivity index (χ0v) is 56.0. The minimum absolute atomic E-state index is 0.0732. The van der Waals surface area contributed by atoms with E-state index in [2.05, 4.69) is 69.4 Å². The lowest BCUT2D eigenvalue weighted by Gasteiger charge is -2.18. The van der Waals surface area contributed by atoms with E-state index < -0.39 is 6.10 Å². The third kappa shape index (κ3) is 70.0. The molecule has 6 heteroatoms. The standard InChI is InChI=1S/C77H142O6/c1-4-7-10-13-16-19-22-25-28-31-33-34-35-36-37-38-39-40-41-42-44-46-49-52-55-58-61-64-67-70-76(79)82-73-74(72-81-75(78)69-66-63-60-57-54-51-48-45-30-27-24-21-18-15-12-9-6-3)83-77(80)71-68-65-62-59-56-53-50-47-43-32-29-26-23-20-17-14-11-8-5-2/h17-18,20-21,26-27,29-30,74H,4-16,19,22-25,28,31-73H2,1-3H3/b20-17-,21-18-,29-26-,30-27-. The van der Waals surface area contributed by atoms with Gasteiger partial charge in [0.1, 0.15) is 13.2 Å². The fourth-order valence-electron chi connectivity index (χ4n) is 11.2. The normalized spacial score (nSPS) is 12.3. The van der Waals surface area contributed by atoms with E-state index in [1.165, 1.54) is 289 Å². The summed E-state index contributed by atoms with van der Waals surface area (Å²) in [5.74, 6) is -0.858. The highest BCUT2D eigenvalue weighted by Gasteiger charge is 2.19. The molecule has 0 aliphatic carbocycles. The number of carbonyl (C=O) groups is 3. The lowest BCUT2D eigenvalue weighted by atomic mass is 10.0. The molecule has 6 nitrogen and oxygen atoms in total. The fourth-order valence-corrected chi connectivity index (χ4v) is 11.2. The molecule has 0 bridgehead atoms. The van der Waals surface area contributed by atoms with Crippen molar-refractivity contribution in [1.29, 1.82) is 0 Å². The second kappa shape index (κ2) is 71.8. The van der Waals surface area contributed by atoms with Gasteiger partial charge in [-0.1, -0.05) is 352 Å². The Morgan fingerprint density at radius 3 is 0.687 bits per heavy atom. The Morgan fingerprint density at radius 1 is 0.241 bits per heavy atom. The minimum Gasteiger partial charge on any atom is -0.462 e. The van der Waals surface area contributed by atoms with Gasteiger partial charge in [-0.25, -0.2) is 0 Å². The molecule has 83 heavy (non-hydrogen) atoms. The summed E-state index contributed by atoms with van der Waals surface area (Å²) in [7, 11) is 0. The smallest absolute Gasteiger partial charge is 0.306 e. The van der Waals surface area contributed by atoms with Gasteiger partial charge in [0.15, 0.2) is 6.10 Å². The molecule has 0 rings (SSSR count). The molecule has 0 saturated heterocycles. The van der Waals surface area contributed by atoms with Gasteiger partial charge in [0.05, 0.1) is 0 Å². The van der Waals surface area contributed by atoms with Gasteiger partial charge in [0.2, 0.25) is 0 Å². The van der Waals surface area contributed by atoms with Crippen LogP contribution >= 0.6 is 0 Å². The van der Waals surface area contributed by atoms with Gasteiger partial charge in [-0.05, 0) is 83.5 Å². The Bertz CT molecular complexity index is 1430. The van der Waals surface area contributed by atoms with Crippen LogP contribution < -0.4 is 0 Å². The molecule has 486 valence electrons. The van der Waals surface area contributed by atoms with E-state index in [1.54, 1.807) is 0 Å². The van der Waals surface area contributed by atoms with E-state index in [0.29, 0.717) is 19.3 Å². The maximum Gasteiger partial charge on any atom is 0.306 e. The van der Waals surface area contributed by atoms with Crippen molar-refractivity contribution in [2.24, 2.45) is 0 Å². The van der Waals surface area contributed by atoms with E-state index in [4.69, 9.17) is 14.2 Å². The van der Waals surface area contributed by atoms with E-state index >= 15 is 0 Å². The first-order valence-electron chi connectivity index (χ1n) is 37.1. The van der Waals surface area contributed by atoms with Gasteiger partial charge in [0, 0.05) is 19.3 Å². The number of unbranched alkanes of at least 4 members (excludes halogenated alkanes) is 50. The number of hydrogen-bond donors (Lipinski definition) is 0. The molecule has 0 aliphatic rings. The second-order valence-corrected chi connectivity index (χ2v) is 25.2. The second-order valence-electron chi connectivity index (χ2n) is 25.2. The van der Waals surface area contributed by atoms with Crippen molar-refractivity contribution in [1.82, 2.24) is 0 Å². The topological polar surface area (TPSA) is 78.9 Å². The van der Waals surface area contributed by atoms with Crippen LogP contribution in [0.3, 0.4) is 0 Å². The number of carbonyl (C=O) groups excluding carboxylic acids is 3. The van der Waals surface area contributed by atoms with E-state index in [-0.39, 0.29) is 31.1 Å². The zero-order valence-electron chi connectivity index (χ0n) is 56.0. The van der Waals surface area contributed by atoms with Crippen LogP contribution in [0.5, 0.6) is 0 Å². The minimum atomic E-state index is -0.779. The van der Waals surface area contributed by atoms with Gasteiger partial charge in [-0.3, -0.25) is 14.4 Å². The van der Waals surface area contributed by atoms with Crippen LogP contribution in [0.15, 0.2) is 48.6 Å². The highest BCUT2D eigenvalue weighted by Crippen LogP contribution is 2.19. The predicted molar refractivity (Wildman–Crippen MR) is 362 cm³/mol. The average molecular weight is 1160 g/mol. The first-order valence-corrected chi connectivity index (χ1v) is 37.1. The Morgan fingerprint density at radius 2 is 0.434 bits per heavy atom. The Hall–Kier alpha value is -2.63. The van der Waals surface area contributed by atoms with Gasteiger partial charge in [0.25, 0.3) is 0 Å². The fraction of sp³-hybridized carbons (Fsp3) is 0.857. The molecule has 0 fully saturated rings. The van der Waals surface area contributed by atoms with Gasteiger partial charge >= 0.3 is 17.9 Å². The summed E-state index contributed by atoms with van der Waals surface area (Å²) in [6.45, 7) is 6.66.